The summed E-state index contributed by atoms with van der Waals surface area (Å²) < 4.78 is 0. The Bertz CT molecular complexity index is 1060. The van der Waals surface area contributed by atoms with Crippen LogP contribution in [0.25, 0.3) is 0 Å². The molecule has 3 rings (SSSR count). The van der Waals surface area contributed by atoms with Crippen LogP contribution in [0, 0.1) is 0 Å². The van der Waals surface area contributed by atoms with Crippen LogP contribution in [-0.4, -0.2) is 23.9 Å². The molecule has 0 bridgehead atoms. The smallest absolute Gasteiger partial charge is 0.255 e. The number of phenolic OH excluding ortho intramolecular Hbond substituents is 1. The van der Waals surface area contributed by atoms with E-state index >= 15 is 0 Å². The van der Waals surface area contributed by atoms with Gasteiger partial charge in [0.2, 0.25) is 0 Å². The first-order valence-corrected chi connectivity index (χ1v) is 11.8. The summed E-state index contributed by atoms with van der Waals surface area (Å²) >= 11 is 1.59. The predicted octanol–water partition coefficient (Wildman–Crippen LogP) is 6.87. The molecule has 1 heterocycles. The minimum atomic E-state index is -0.241. The van der Waals surface area contributed by atoms with Gasteiger partial charge in [0.25, 0.3) is 5.91 Å². The van der Waals surface area contributed by atoms with Crippen molar-refractivity contribution in [2.75, 3.05) is 11.9 Å². The molecule has 0 saturated heterocycles. The molecule has 0 aliphatic rings. The van der Waals surface area contributed by atoms with Crippen LogP contribution in [0.4, 0.5) is 10.7 Å². The van der Waals surface area contributed by atoms with Gasteiger partial charge in [0.05, 0.1) is 11.9 Å². The van der Waals surface area contributed by atoms with Gasteiger partial charge in [0.15, 0.2) is 0 Å². The molecule has 0 saturated carbocycles. The molecule has 0 fully saturated rings. The highest BCUT2D eigenvalue weighted by atomic mass is 35.5. The molecule has 1 aromatic heterocycles. The number of hydrogen-bond donors (Lipinski definition) is 3. The van der Waals surface area contributed by atoms with Gasteiger partial charge in [-0.05, 0) is 70.7 Å². The fourth-order valence-electron chi connectivity index (χ4n) is 3.32. The van der Waals surface area contributed by atoms with Crippen LogP contribution < -0.4 is 10.6 Å². The Kier molecular flexibility index (Phi) is 9.95. The Balaban J connectivity index is 0.00000385. The van der Waals surface area contributed by atoms with Gasteiger partial charge in [-0.15, -0.1) is 23.7 Å². The Morgan fingerprint density at radius 3 is 2.42 bits per heavy atom. The number of carbonyl (C=O) groups is 1. The summed E-state index contributed by atoms with van der Waals surface area (Å²) in [6, 6.07) is 15.8. The molecule has 0 spiro atoms. The Labute approximate surface area is 206 Å². The molecule has 0 aliphatic carbocycles. The molecular weight excluding hydrogens is 454 g/mol. The highest BCUT2D eigenvalue weighted by Gasteiger charge is 2.19. The summed E-state index contributed by atoms with van der Waals surface area (Å²) in [5.41, 5.74) is 4.29. The molecule has 0 aliphatic heterocycles. The summed E-state index contributed by atoms with van der Waals surface area (Å²) in [5.74, 6) is 0.265. The van der Waals surface area contributed by atoms with Crippen LogP contribution in [0.3, 0.4) is 0 Å². The number of carbonyl (C=O) groups excluding carboxylic acids is 1. The second kappa shape index (κ2) is 12.4. The number of thiophene rings is 1. The first-order valence-electron chi connectivity index (χ1n) is 10.9. The maximum Gasteiger partial charge on any atom is 0.255 e. The van der Waals surface area contributed by atoms with Gasteiger partial charge in [-0.2, -0.15) is 0 Å². The number of aliphatic imine (C=N–C) groups is 1. The number of amides is 1. The number of aromatic hydroxyl groups is 1. The fraction of sp³-hybridized carbons (Fsp3) is 0.308. The standard InChI is InChI=1S/C26H31N3O2S.ClH/c1-17(2)20-14-22(18(3)4)25(30)23(15-20)26(31)27-12-11-19-7-9-21(10-8-19)28-16-29-24-6-5-13-32-24;/h5-10,13-18,30H,11-12H2,1-4H3,(H,27,31)(H,28,29);1H. The van der Waals surface area contributed by atoms with Crippen molar-refractivity contribution < 1.29 is 9.90 Å². The van der Waals surface area contributed by atoms with Crippen molar-refractivity contribution in [3.63, 3.8) is 0 Å². The Hall–Kier alpha value is -2.83. The number of nitrogens with one attached hydrogen (secondary N) is 2. The van der Waals surface area contributed by atoms with E-state index in [2.05, 4.69) is 29.5 Å². The van der Waals surface area contributed by atoms with E-state index in [1.54, 1.807) is 23.7 Å². The van der Waals surface area contributed by atoms with Crippen LogP contribution in [0.15, 0.2) is 58.9 Å². The molecule has 5 nitrogen and oxygen atoms in total. The number of halogens is 1. The zero-order valence-corrected chi connectivity index (χ0v) is 21.1. The quantitative estimate of drug-likeness (QED) is 0.229. The lowest BCUT2D eigenvalue weighted by atomic mass is 9.91. The lowest BCUT2D eigenvalue weighted by Crippen LogP contribution is -2.26. The summed E-state index contributed by atoms with van der Waals surface area (Å²) in [4.78, 5) is 17.1. The van der Waals surface area contributed by atoms with Gasteiger partial charge in [-0.3, -0.25) is 4.79 Å². The van der Waals surface area contributed by atoms with Gasteiger partial charge in [-0.25, -0.2) is 4.99 Å². The van der Waals surface area contributed by atoms with E-state index < -0.39 is 0 Å². The molecule has 3 aromatic rings. The fourth-order valence-corrected chi connectivity index (χ4v) is 3.89. The largest absolute Gasteiger partial charge is 0.507 e. The van der Waals surface area contributed by atoms with Crippen molar-refractivity contribution >= 4 is 46.7 Å². The number of nitrogens with zero attached hydrogens (tertiary/aromatic N) is 1. The summed E-state index contributed by atoms with van der Waals surface area (Å²) in [5, 5.41) is 19.7. The second-order valence-corrected chi connectivity index (χ2v) is 9.30. The van der Waals surface area contributed by atoms with E-state index in [0.29, 0.717) is 18.5 Å². The van der Waals surface area contributed by atoms with Crippen LogP contribution in [-0.2, 0) is 6.42 Å². The maximum absolute atomic E-state index is 12.8. The van der Waals surface area contributed by atoms with E-state index in [9.17, 15) is 9.90 Å². The molecule has 0 unspecified atom stereocenters. The predicted molar refractivity (Wildman–Crippen MR) is 142 cm³/mol. The van der Waals surface area contributed by atoms with E-state index in [-0.39, 0.29) is 35.9 Å². The van der Waals surface area contributed by atoms with Gasteiger partial charge in [0.1, 0.15) is 10.8 Å². The minimum absolute atomic E-state index is 0. The zero-order valence-electron chi connectivity index (χ0n) is 19.5. The average molecular weight is 486 g/mol. The molecule has 0 radical (unpaired) electrons. The molecule has 7 heteroatoms. The SMILES string of the molecule is CC(C)c1cc(C(=O)NCCc2ccc(N/C=N/c3cccs3)cc2)c(O)c(C(C)C)c1.Cl. The van der Waals surface area contributed by atoms with E-state index in [1.807, 2.05) is 61.7 Å². The molecule has 2 aromatic carbocycles. The third-order valence-electron chi connectivity index (χ3n) is 5.28. The molecule has 0 atom stereocenters. The normalized spacial score (nSPS) is 11.1. The van der Waals surface area contributed by atoms with Gasteiger partial charge < -0.3 is 15.7 Å². The molecular formula is C26H32ClN3O2S. The topological polar surface area (TPSA) is 73.7 Å². The number of rotatable bonds is 9. The van der Waals surface area contributed by atoms with Crippen LogP contribution >= 0.6 is 23.7 Å². The zero-order chi connectivity index (χ0) is 23.1. The highest BCUT2D eigenvalue weighted by molar-refractivity contribution is 7.13. The molecule has 3 N–H and O–H groups in total. The number of anilines is 1. The van der Waals surface area contributed by atoms with Crippen molar-refractivity contribution in [1.29, 1.82) is 0 Å². The molecule has 33 heavy (non-hydrogen) atoms. The van der Waals surface area contributed by atoms with Gasteiger partial charge >= 0.3 is 0 Å². The number of benzene rings is 2. The van der Waals surface area contributed by atoms with Crippen molar-refractivity contribution in [2.45, 2.75) is 46.0 Å². The minimum Gasteiger partial charge on any atom is -0.507 e. The van der Waals surface area contributed by atoms with Crippen molar-refractivity contribution in [1.82, 2.24) is 5.32 Å². The highest BCUT2D eigenvalue weighted by Crippen LogP contribution is 2.33. The van der Waals surface area contributed by atoms with E-state index in [0.717, 1.165) is 27.4 Å². The summed E-state index contributed by atoms with van der Waals surface area (Å²) in [7, 11) is 0. The Morgan fingerprint density at radius 1 is 1.09 bits per heavy atom. The first kappa shape index (κ1) is 26.4. The Morgan fingerprint density at radius 2 is 1.82 bits per heavy atom. The third-order valence-corrected chi connectivity index (χ3v) is 6.05. The van der Waals surface area contributed by atoms with Crippen LogP contribution in [0.5, 0.6) is 5.75 Å². The van der Waals surface area contributed by atoms with E-state index in [4.69, 9.17) is 0 Å². The lowest BCUT2D eigenvalue weighted by Gasteiger charge is -2.17. The first-order chi connectivity index (χ1) is 15.3. The average Bonchev–Trinajstić information content (AvgIpc) is 3.28. The van der Waals surface area contributed by atoms with Crippen molar-refractivity contribution in [2.24, 2.45) is 4.99 Å². The van der Waals surface area contributed by atoms with Crippen LogP contribution in [0.2, 0.25) is 0 Å². The second-order valence-electron chi connectivity index (χ2n) is 8.37. The summed E-state index contributed by atoms with van der Waals surface area (Å²) in [6.07, 6.45) is 2.39. The monoisotopic (exact) mass is 485 g/mol. The van der Waals surface area contributed by atoms with Crippen LogP contribution in [0.1, 0.15) is 66.6 Å². The molecule has 176 valence electrons. The van der Waals surface area contributed by atoms with Crippen molar-refractivity contribution in [3.05, 3.63) is 76.2 Å². The van der Waals surface area contributed by atoms with E-state index in [1.165, 1.54) is 0 Å². The lowest BCUT2D eigenvalue weighted by molar-refractivity contribution is 0.0951. The summed E-state index contributed by atoms with van der Waals surface area (Å²) in [6.45, 7) is 8.71. The number of phenols is 1. The van der Waals surface area contributed by atoms with Gasteiger partial charge in [0, 0.05) is 12.2 Å². The van der Waals surface area contributed by atoms with Gasteiger partial charge in [-0.1, -0.05) is 45.9 Å². The van der Waals surface area contributed by atoms with Crippen molar-refractivity contribution in [3.8, 4) is 5.75 Å². The maximum atomic E-state index is 12.8. The molecule has 1 amide bonds. The number of hydrogen-bond acceptors (Lipinski definition) is 4. The third kappa shape index (κ3) is 7.34.